The van der Waals surface area contributed by atoms with E-state index in [-0.39, 0.29) is 27.7 Å². The first-order valence-corrected chi connectivity index (χ1v) is 15.9. The highest BCUT2D eigenvalue weighted by atomic mass is 32.2. The van der Waals surface area contributed by atoms with Crippen LogP contribution in [-0.2, 0) is 9.84 Å². The molecule has 1 unspecified atom stereocenters. The Bertz CT molecular complexity index is 1680. The van der Waals surface area contributed by atoms with Crippen LogP contribution < -0.4 is 15.5 Å². The van der Waals surface area contributed by atoms with Gasteiger partial charge in [0.2, 0.25) is 9.84 Å². The lowest BCUT2D eigenvalue weighted by atomic mass is 9.95. The summed E-state index contributed by atoms with van der Waals surface area (Å²) in [6.07, 6.45) is 6.51. The number of nitrogens with zero attached hydrogens (tertiary/aromatic N) is 3. The van der Waals surface area contributed by atoms with E-state index in [2.05, 4.69) is 37.7 Å². The monoisotopic (exact) mass is 590 g/mol. The molecule has 1 aliphatic heterocycles. The Hall–Kier alpha value is -3.80. The molecule has 1 aromatic heterocycles. The molecule has 1 saturated carbocycles. The highest BCUT2D eigenvalue weighted by molar-refractivity contribution is 7.91. The zero-order valence-corrected chi connectivity index (χ0v) is 24.3. The van der Waals surface area contributed by atoms with Crippen molar-refractivity contribution in [2.75, 3.05) is 36.9 Å². The van der Waals surface area contributed by atoms with Gasteiger partial charge in [0, 0.05) is 42.3 Å². The number of nitrogens with one attached hydrogen (secondary N) is 3. The van der Waals surface area contributed by atoms with E-state index >= 15 is 0 Å². The smallest absolute Gasteiger partial charge is 0.256 e. The van der Waals surface area contributed by atoms with Crippen LogP contribution >= 0.6 is 0 Å². The van der Waals surface area contributed by atoms with Gasteiger partial charge in [-0.15, -0.1) is 0 Å². The van der Waals surface area contributed by atoms with Crippen molar-refractivity contribution in [2.24, 2.45) is 0 Å². The predicted octanol–water partition coefficient (Wildman–Crippen LogP) is 4.79. The number of aromatic amines is 1. The zero-order chi connectivity index (χ0) is 29.3. The van der Waals surface area contributed by atoms with Crippen LogP contribution in [0.5, 0.6) is 0 Å². The molecule has 2 fully saturated rings. The number of carbonyl (C=O) groups is 1. The topological polar surface area (TPSA) is 110 Å². The van der Waals surface area contributed by atoms with Crippen molar-refractivity contribution in [3.8, 4) is 0 Å². The molecule has 1 atom stereocenters. The second-order valence-corrected chi connectivity index (χ2v) is 13.2. The number of halogens is 1. The molecule has 4 aromatic rings. The number of sulfone groups is 1. The van der Waals surface area contributed by atoms with Crippen LogP contribution in [0.2, 0.25) is 0 Å². The minimum Gasteiger partial charge on any atom is -0.353 e. The maximum atomic E-state index is 13.7. The minimum absolute atomic E-state index is 0.0228. The summed E-state index contributed by atoms with van der Waals surface area (Å²) >= 11 is 0. The van der Waals surface area contributed by atoms with E-state index < -0.39 is 15.7 Å². The highest BCUT2D eigenvalue weighted by Crippen LogP contribution is 2.29. The van der Waals surface area contributed by atoms with Crippen molar-refractivity contribution in [3.63, 3.8) is 0 Å². The first kappa shape index (κ1) is 28.3. The van der Waals surface area contributed by atoms with Crippen LogP contribution in [0.3, 0.4) is 0 Å². The number of anilines is 2. The molecular weight excluding hydrogens is 555 g/mol. The summed E-state index contributed by atoms with van der Waals surface area (Å²) in [5, 5.41) is 14.2. The largest absolute Gasteiger partial charge is 0.353 e. The van der Waals surface area contributed by atoms with Gasteiger partial charge in [-0.25, -0.2) is 12.8 Å². The minimum atomic E-state index is -3.97. The Balaban J connectivity index is 1.19. The Labute approximate surface area is 245 Å². The van der Waals surface area contributed by atoms with Gasteiger partial charge in [-0.1, -0.05) is 25.3 Å². The summed E-state index contributed by atoms with van der Waals surface area (Å²) in [6.45, 7) is 2.79. The summed E-state index contributed by atoms with van der Waals surface area (Å²) in [5.41, 5.74) is 2.08. The van der Waals surface area contributed by atoms with E-state index in [1.807, 2.05) is 12.1 Å². The molecule has 1 amide bonds. The number of amides is 1. The number of H-pyrrole nitrogens is 1. The second-order valence-electron chi connectivity index (χ2n) is 11.2. The van der Waals surface area contributed by atoms with Crippen LogP contribution in [-0.4, -0.2) is 68.3 Å². The van der Waals surface area contributed by atoms with Gasteiger partial charge < -0.3 is 15.1 Å². The molecule has 1 saturated heterocycles. The molecule has 9 nitrogen and oxygen atoms in total. The van der Waals surface area contributed by atoms with Gasteiger partial charge in [0.05, 0.1) is 21.5 Å². The average molecular weight is 591 g/mol. The molecule has 0 radical (unpaired) electrons. The lowest BCUT2D eigenvalue weighted by Gasteiger charge is -2.44. The second kappa shape index (κ2) is 11.8. The highest BCUT2D eigenvalue weighted by Gasteiger charge is 2.28. The molecular formula is C31H35FN6O3S. The normalized spacial score (nSPS) is 18.8. The molecule has 1 aliphatic carbocycles. The van der Waals surface area contributed by atoms with Crippen molar-refractivity contribution < 1.29 is 17.6 Å². The summed E-state index contributed by atoms with van der Waals surface area (Å²) in [5.74, 6) is -0.780. The molecule has 3 N–H and O–H groups in total. The van der Waals surface area contributed by atoms with Gasteiger partial charge in [-0.2, -0.15) is 5.10 Å². The number of aromatic nitrogens is 2. The number of carbonyl (C=O) groups excluding carboxylic acids is 1. The molecule has 0 bridgehead atoms. The van der Waals surface area contributed by atoms with Gasteiger partial charge in [0.25, 0.3) is 5.91 Å². The van der Waals surface area contributed by atoms with E-state index in [4.69, 9.17) is 0 Å². The summed E-state index contributed by atoms with van der Waals surface area (Å²) in [7, 11) is -1.82. The van der Waals surface area contributed by atoms with Crippen molar-refractivity contribution in [1.82, 2.24) is 20.4 Å². The van der Waals surface area contributed by atoms with Crippen LogP contribution in [0.15, 0.2) is 76.5 Å². The lowest BCUT2D eigenvalue weighted by Crippen LogP contribution is -2.60. The number of hydrogen-bond donors (Lipinski definition) is 3. The molecule has 3 aromatic carbocycles. The molecule has 42 heavy (non-hydrogen) atoms. The van der Waals surface area contributed by atoms with E-state index in [1.54, 1.807) is 18.2 Å². The third-order valence-electron chi connectivity index (χ3n) is 8.26. The fourth-order valence-corrected chi connectivity index (χ4v) is 7.24. The lowest BCUT2D eigenvalue weighted by molar-refractivity contribution is 0.102. The molecule has 2 aliphatic rings. The van der Waals surface area contributed by atoms with Gasteiger partial charge in [-0.3, -0.25) is 15.2 Å². The molecule has 220 valence electrons. The fraction of sp³-hybridized carbons (Fsp3) is 0.355. The van der Waals surface area contributed by atoms with Crippen molar-refractivity contribution >= 4 is 38.2 Å². The van der Waals surface area contributed by atoms with E-state index in [0.29, 0.717) is 22.5 Å². The summed E-state index contributed by atoms with van der Waals surface area (Å²) < 4.78 is 40.0. The number of piperazine rings is 1. The molecule has 2 heterocycles. The fourth-order valence-electron chi connectivity index (χ4n) is 5.92. The number of benzene rings is 3. The quantitative estimate of drug-likeness (QED) is 0.284. The van der Waals surface area contributed by atoms with Crippen LogP contribution in [0, 0.1) is 5.82 Å². The zero-order valence-electron chi connectivity index (χ0n) is 23.5. The number of likely N-dealkylation sites (N-methyl/N-ethyl adjacent to an activating group) is 1. The standard InChI is InChI=1S/C31H35FN6O3S/c1-37-16-17-38(29(20-37)33-23-7-3-2-4-8-23)24-12-10-21(11-13-24)31(39)34-30-27-19-26(14-15-28(27)35-36-30)42(40,41)25-9-5-6-22(32)18-25/h5-6,9-15,18-19,23,29,33H,2-4,7-8,16-17,20H2,1H3,(H2,34,35,36,39). The van der Waals surface area contributed by atoms with Crippen LogP contribution in [0.4, 0.5) is 15.9 Å². The van der Waals surface area contributed by atoms with Gasteiger partial charge >= 0.3 is 0 Å². The van der Waals surface area contributed by atoms with E-state index in [1.165, 1.54) is 62.4 Å². The predicted molar refractivity (Wildman–Crippen MR) is 161 cm³/mol. The van der Waals surface area contributed by atoms with E-state index in [0.717, 1.165) is 31.4 Å². The average Bonchev–Trinajstić information content (AvgIpc) is 3.40. The first-order chi connectivity index (χ1) is 20.3. The number of fused-ring (bicyclic) bond motifs is 1. The van der Waals surface area contributed by atoms with E-state index in [9.17, 15) is 17.6 Å². The van der Waals surface area contributed by atoms with Crippen LogP contribution in [0.1, 0.15) is 42.5 Å². The van der Waals surface area contributed by atoms with Crippen LogP contribution in [0.25, 0.3) is 10.9 Å². The van der Waals surface area contributed by atoms with Crippen molar-refractivity contribution in [2.45, 2.75) is 54.1 Å². The number of hydrogen-bond acceptors (Lipinski definition) is 7. The SMILES string of the molecule is CN1CCN(c2ccc(C(=O)Nc3n[nH]c4ccc(S(=O)(=O)c5cccc(F)c5)cc34)cc2)C(NC2CCCCC2)C1. The number of rotatable bonds is 7. The molecule has 6 rings (SSSR count). The molecule has 11 heteroatoms. The maximum absolute atomic E-state index is 13.7. The third-order valence-corrected chi connectivity index (χ3v) is 10.0. The Morgan fingerprint density at radius 3 is 2.50 bits per heavy atom. The Morgan fingerprint density at radius 1 is 0.976 bits per heavy atom. The van der Waals surface area contributed by atoms with Crippen molar-refractivity contribution in [3.05, 3.63) is 78.1 Å². The third kappa shape index (κ3) is 5.90. The van der Waals surface area contributed by atoms with Gasteiger partial charge in [-0.05, 0) is 80.6 Å². The molecule has 0 spiro atoms. The Kier molecular flexibility index (Phi) is 7.98. The summed E-state index contributed by atoms with van der Waals surface area (Å²) in [6, 6.07) is 17.4. The van der Waals surface area contributed by atoms with Crippen molar-refractivity contribution in [1.29, 1.82) is 0 Å². The first-order valence-electron chi connectivity index (χ1n) is 14.4. The summed E-state index contributed by atoms with van der Waals surface area (Å²) in [4.78, 5) is 17.8. The Morgan fingerprint density at radius 2 is 1.74 bits per heavy atom. The van der Waals surface area contributed by atoms with Gasteiger partial charge in [0.15, 0.2) is 5.82 Å². The van der Waals surface area contributed by atoms with Gasteiger partial charge in [0.1, 0.15) is 5.82 Å². The maximum Gasteiger partial charge on any atom is 0.256 e.